The SMILES string of the molecule is CC1(C)CC(NC(=O)C2C3C4CCC(C4)C23)c2cc(N)ccc2O1.Cl. The van der Waals surface area contributed by atoms with Crippen LogP contribution in [0, 0.1) is 29.6 Å². The van der Waals surface area contributed by atoms with E-state index in [0.29, 0.717) is 11.8 Å². The molecule has 25 heavy (non-hydrogen) atoms. The second-order valence-electron chi connectivity index (χ2n) is 8.94. The number of nitrogens with one attached hydrogen (secondary N) is 1. The maximum absolute atomic E-state index is 12.9. The van der Waals surface area contributed by atoms with Gasteiger partial charge in [0.25, 0.3) is 0 Å². The van der Waals surface area contributed by atoms with Gasteiger partial charge in [0.15, 0.2) is 0 Å². The van der Waals surface area contributed by atoms with Gasteiger partial charge in [-0.15, -0.1) is 12.4 Å². The lowest BCUT2D eigenvalue weighted by Crippen LogP contribution is -2.42. The zero-order valence-corrected chi connectivity index (χ0v) is 15.6. The quantitative estimate of drug-likeness (QED) is 0.788. The highest BCUT2D eigenvalue weighted by molar-refractivity contribution is 5.85. The standard InChI is InChI=1S/C20H26N2O2.ClH/c1-20(2)9-14(13-8-12(21)5-6-15(13)24-20)22-19(23)18-16-10-3-4-11(7-10)17(16)18;/h5-6,8,10-11,14,16-18H,3-4,7,9,21H2,1-2H3,(H,22,23);1H. The molecule has 2 bridgehead atoms. The molecule has 3 N–H and O–H groups in total. The molecule has 4 aliphatic rings. The molecule has 5 heteroatoms. The van der Waals surface area contributed by atoms with Crippen molar-refractivity contribution in [3.8, 4) is 5.75 Å². The number of nitrogens with two attached hydrogens (primary N) is 1. The van der Waals surface area contributed by atoms with Gasteiger partial charge in [0.2, 0.25) is 5.91 Å². The fourth-order valence-corrected chi connectivity index (χ4v) is 5.95. The topological polar surface area (TPSA) is 64.4 Å². The number of anilines is 1. The van der Waals surface area contributed by atoms with Crippen molar-refractivity contribution in [3.63, 3.8) is 0 Å². The Hall–Kier alpha value is -1.42. The minimum atomic E-state index is -0.278. The summed E-state index contributed by atoms with van der Waals surface area (Å²) in [5, 5.41) is 3.34. The summed E-state index contributed by atoms with van der Waals surface area (Å²) in [5.74, 6) is 4.38. The number of carbonyl (C=O) groups excluding carboxylic acids is 1. The highest BCUT2D eigenvalue weighted by Gasteiger charge is 2.67. The second-order valence-corrected chi connectivity index (χ2v) is 8.94. The van der Waals surface area contributed by atoms with E-state index in [1.54, 1.807) is 0 Å². The van der Waals surface area contributed by atoms with Crippen LogP contribution in [0.5, 0.6) is 5.75 Å². The molecule has 0 aromatic heterocycles. The van der Waals surface area contributed by atoms with Crippen LogP contribution in [0.15, 0.2) is 18.2 Å². The van der Waals surface area contributed by atoms with E-state index in [4.69, 9.17) is 10.5 Å². The fourth-order valence-electron chi connectivity index (χ4n) is 5.95. The van der Waals surface area contributed by atoms with Crippen LogP contribution in [-0.2, 0) is 4.79 Å². The van der Waals surface area contributed by atoms with E-state index in [-0.39, 0.29) is 35.9 Å². The number of fused-ring (bicyclic) bond motifs is 6. The molecular formula is C20H27ClN2O2. The molecule has 1 heterocycles. The van der Waals surface area contributed by atoms with Gasteiger partial charge in [-0.05, 0) is 75.0 Å². The van der Waals surface area contributed by atoms with Gasteiger partial charge in [-0.1, -0.05) is 0 Å². The van der Waals surface area contributed by atoms with E-state index in [0.717, 1.165) is 35.3 Å². The lowest BCUT2D eigenvalue weighted by Gasteiger charge is -2.38. The zero-order valence-electron chi connectivity index (χ0n) is 14.8. The summed E-state index contributed by atoms with van der Waals surface area (Å²) in [4.78, 5) is 12.9. The molecule has 0 spiro atoms. The van der Waals surface area contributed by atoms with Gasteiger partial charge in [-0.3, -0.25) is 4.79 Å². The average molecular weight is 363 g/mol. The number of hydrogen-bond acceptors (Lipinski definition) is 3. The molecular weight excluding hydrogens is 336 g/mol. The van der Waals surface area contributed by atoms with Gasteiger partial charge in [-0.2, -0.15) is 0 Å². The van der Waals surface area contributed by atoms with Crippen molar-refractivity contribution in [1.82, 2.24) is 5.32 Å². The minimum Gasteiger partial charge on any atom is -0.487 e. The van der Waals surface area contributed by atoms with Crippen LogP contribution < -0.4 is 15.8 Å². The average Bonchev–Trinajstić information content (AvgIpc) is 2.96. The lowest BCUT2D eigenvalue weighted by atomic mass is 9.89. The van der Waals surface area contributed by atoms with Gasteiger partial charge in [0, 0.05) is 23.6 Å². The van der Waals surface area contributed by atoms with E-state index < -0.39 is 0 Å². The van der Waals surface area contributed by atoms with Gasteiger partial charge in [0.1, 0.15) is 11.4 Å². The Morgan fingerprint density at radius 2 is 1.92 bits per heavy atom. The highest BCUT2D eigenvalue weighted by atomic mass is 35.5. The number of carbonyl (C=O) groups is 1. The van der Waals surface area contributed by atoms with Gasteiger partial charge in [-0.25, -0.2) is 0 Å². The van der Waals surface area contributed by atoms with Crippen molar-refractivity contribution >= 4 is 24.0 Å². The summed E-state index contributed by atoms with van der Waals surface area (Å²) in [6, 6.07) is 5.74. The number of amides is 1. The smallest absolute Gasteiger partial charge is 0.224 e. The summed E-state index contributed by atoms with van der Waals surface area (Å²) in [6.07, 6.45) is 4.85. The monoisotopic (exact) mass is 362 g/mol. The number of benzene rings is 1. The summed E-state index contributed by atoms with van der Waals surface area (Å²) in [7, 11) is 0. The Labute approximate surface area is 155 Å². The third-order valence-electron chi connectivity index (χ3n) is 6.85. The molecule has 1 amide bonds. The molecule has 136 valence electrons. The Kier molecular flexibility index (Phi) is 3.77. The predicted molar refractivity (Wildman–Crippen MR) is 99.6 cm³/mol. The molecule has 5 rings (SSSR count). The maximum atomic E-state index is 12.9. The maximum Gasteiger partial charge on any atom is 0.224 e. The molecule has 3 fully saturated rings. The van der Waals surface area contributed by atoms with Gasteiger partial charge in [0.05, 0.1) is 6.04 Å². The molecule has 4 nitrogen and oxygen atoms in total. The first-order valence-corrected chi connectivity index (χ1v) is 9.32. The van der Waals surface area contributed by atoms with Crippen LogP contribution in [0.4, 0.5) is 5.69 Å². The molecule has 3 aliphatic carbocycles. The first-order chi connectivity index (χ1) is 11.4. The van der Waals surface area contributed by atoms with E-state index in [1.165, 1.54) is 19.3 Å². The summed E-state index contributed by atoms with van der Waals surface area (Å²) in [6.45, 7) is 4.16. The summed E-state index contributed by atoms with van der Waals surface area (Å²) in [5.41, 5.74) is 7.43. The molecule has 3 saturated carbocycles. The number of hydrogen-bond donors (Lipinski definition) is 2. The van der Waals surface area contributed by atoms with Crippen LogP contribution in [0.3, 0.4) is 0 Å². The molecule has 1 aromatic rings. The summed E-state index contributed by atoms with van der Waals surface area (Å²) < 4.78 is 6.07. The van der Waals surface area contributed by atoms with Crippen LogP contribution in [-0.4, -0.2) is 11.5 Å². The van der Waals surface area contributed by atoms with Crippen molar-refractivity contribution in [3.05, 3.63) is 23.8 Å². The normalized spacial score (nSPS) is 38.8. The van der Waals surface area contributed by atoms with Crippen molar-refractivity contribution in [2.24, 2.45) is 29.6 Å². The van der Waals surface area contributed by atoms with Crippen LogP contribution >= 0.6 is 12.4 Å². The van der Waals surface area contributed by atoms with E-state index >= 15 is 0 Å². The number of halogens is 1. The minimum absolute atomic E-state index is 0. The van der Waals surface area contributed by atoms with Crippen LogP contribution in [0.1, 0.15) is 51.1 Å². The van der Waals surface area contributed by atoms with Crippen molar-refractivity contribution in [2.45, 2.75) is 51.2 Å². The molecule has 1 aromatic carbocycles. The molecule has 0 radical (unpaired) electrons. The van der Waals surface area contributed by atoms with Gasteiger partial charge >= 0.3 is 0 Å². The van der Waals surface area contributed by atoms with Crippen LogP contribution in [0.25, 0.3) is 0 Å². The fraction of sp³-hybridized carbons (Fsp3) is 0.650. The first kappa shape index (κ1) is 17.0. The molecule has 5 unspecified atom stereocenters. The van der Waals surface area contributed by atoms with E-state index in [1.807, 2.05) is 18.2 Å². The van der Waals surface area contributed by atoms with E-state index in [2.05, 4.69) is 19.2 Å². The highest BCUT2D eigenvalue weighted by Crippen LogP contribution is 2.69. The zero-order chi connectivity index (χ0) is 16.6. The van der Waals surface area contributed by atoms with E-state index in [9.17, 15) is 4.79 Å². The van der Waals surface area contributed by atoms with Crippen LogP contribution in [0.2, 0.25) is 0 Å². The molecule has 5 atom stereocenters. The Morgan fingerprint density at radius 1 is 1.24 bits per heavy atom. The predicted octanol–water partition coefficient (Wildman–Crippen LogP) is 3.70. The number of ether oxygens (including phenoxy) is 1. The molecule has 0 saturated heterocycles. The first-order valence-electron chi connectivity index (χ1n) is 9.32. The van der Waals surface area contributed by atoms with Gasteiger partial charge < -0.3 is 15.8 Å². The largest absolute Gasteiger partial charge is 0.487 e. The second kappa shape index (κ2) is 5.54. The van der Waals surface area contributed by atoms with Crippen molar-refractivity contribution in [2.75, 3.05) is 5.73 Å². The molecule has 1 aliphatic heterocycles. The third-order valence-corrected chi connectivity index (χ3v) is 6.85. The third kappa shape index (κ3) is 2.61. The van der Waals surface area contributed by atoms with Crippen molar-refractivity contribution in [1.29, 1.82) is 0 Å². The lowest BCUT2D eigenvalue weighted by molar-refractivity contribution is -0.124. The number of rotatable bonds is 2. The Morgan fingerprint density at radius 3 is 2.60 bits per heavy atom. The van der Waals surface area contributed by atoms with Crippen molar-refractivity contribution < 1.29 is 9.53 Å². The Balaban J connectivity index is 0.00000157. The Bertz CT molecular complexity index is 704. The summed E-state index contributed by atoms with van der Waals surface area (Å²) >= 11 is 0. The number of nitrogen functional groups attached to an aromatic ring is 1.